The van der Waals surface area contributed by atoms with Crippen molar-refractivity contribution in [1.29, 1.82) is 0 Å². The molecule has 0 aliphatic carbocycles. The van der Waals surface area contributed by atoms with E-state index in [-0.39, 0.29) is 17.2 Å². The van der Waals surface area contributed by atoms with Crippen molar-refractivity contribution in [3.63, 3.8) is 0 Å². The Labute approximate surface area is 145 Å². The number of carbonyl (C=O) groups is 1. The highest BCUT2D eigenvalue weighted by Crippen LogP contribution is 2.15. The number of para-hydroxylation sites is 1. The lowest BCUT2D eigenvalue weighted by molar-refractivity contribution is 0.0946. The lowest BCUT2D eigenvalue weighted by Crippen LogP contribution is -2.30. The first kappa shape index (κ1) is 16.8. The number of aryl methyl sites for hydroxylation is 1. The van der Waals surface area contributed by atoms with Crippen LogP contribution in [0.1, 0.15) is 29.4 Å². The molecule has 1 N–H and O–H groups in total. The van der Waals surface area contributed by atoms with Gasteiger partial charge in [-0.1, -0.05) is 31.2 Å². The lowest BCUT2D eigenvalue weighted by Gasteiger charge is -2.08. The molecule has 3 aromatic rings. The van der Waals surface area contributed by atoms with E-state index in [1.807, 2.05) is 37.3 Å². The van der Waals surface area contributed by atoms with E-state index >= 15 is 0 Å². The highest BCUT2D eigenvalue weighted by atomic mass is 16.2. The van der Waals surface area contributed by atoms with E-state index in [1.54, 1.807) is 6.20 Å². The molecular weight excluding hydrogens is 316 g/mol. The molecule has 1 amide bonds. The largest absolute Gasteiger partial charge is 0.350 e. The van der Waals surface area contributed by atoms with Crippen molar-refractivity contribution in [1.82, 2.24) is 20.1 Å². The zero-order valence-electron chi connectivity index (χ0n) is 14.1. The average Bonchev–Trinajstić information content (AvgIpc) is 2.64. The molecule has 6 nitrogen and oxygen atoms in total. The van der Waals surface area contributed by atoms with Gasteiger partial charge in [0, 0.05) is 30.7 Å². The molecule has 0 radical (unpaired) electrons. The van der Waals surface area contributed by atoms with Crippen molar-refractivity contribution < 1.29 is 4.79 Å². The molecular formula is C19H20N4O2. The summed E-state index contributed by atoms with van der Waals surface area (Å²) in [6, 6.07) is 12.8. The number of aromatic nitrogens is 3. The topological polar surface area (TPSA) is 76.9 Å². The second-order valence-corrected chi connectivity index (χ2v) is 5.78. The smallest absolute Gasteiger partial charge is 0.271 e. The summed E-state index contributed by atoms with van der Waals surface area (Å²) in [4.78, 5) is 28.3. The summed E-state index contributed by atoms with van der Waals surface area (Å²) in [5, 5.41) is 8.06. The van der Waals surface area contributed by atoms with Gasteiger partial charge in [-0.25, -0.2) is 4.68 Å². The molecule has 0 saturated heterocycles. The zero-order valence-corrected chi connectivity index (χ0v) is 14.1. The summed E-state index contributed by atoms with van der Waals surface area (Å²) in [5.74, 6) is -0.280. The lowest BCUT2D eigenvalue weighted by atomic mass is 10.1. The van der Waals surface area contributed by atoms with Gasteiger partial charge in [-0.3, -0.25) is 14.6 Å². The zero-order chi connectivity index (χ0) is 17.6. The van der Waals surface area contributed by atoms with Gasteiger partial charge < -0.3 is 5.32 Å². The third kappa shape index (κ3) is 3.91. The van der Waals surface area contributed by atoms with Gasteiger partial charge in [0.25, 0.3) is 11.5 Å². The average molecular weight is 336 g/mol. The van der Waals surface area contributed by atoms with Crippen LogP contribution in [0.25, 0.3) is 10.9 Å². The van der Waals surface area contributed by atoms with Crippen LogP contribution in [-0.2, 0) is 13.0 Å². The van der Waals surface area contributed by atoms with Crippen LogP contribution in [-0.4, -0.2) is 27.2 Å². The molecule has 1 aromatic carbocycles. The molecule has 2 heterocycles. The SMILES string of the molecule is CCCn1nc(C(=O)NCCc2cccc3cccnc23)ccc1=O. The maximum atomic E-state index is 12.3. The minimum absolute atomic E-state index is 0.194. The van der Waals surface area contributed by atoms with E-state index in [0.29, 0.717) is 19.5 Å². The second kappa shape index (κ2) is 7.70. The minimum Gasteiger partial charge on any atom is -0.350 e. The van der Waals surface area contributed by atoms with Gasteiger partial charge in [-0.2, -0.15) is 5.10 Å². The van der Waals surface area contributed by atoms with Crippen molar-refractivity contribution in [3.05, 3.63) is 70.3 Å². The van der Waals surface area contributed by atoms with Crippen LogP contribution in [0.15, 0.2) is 53.5 Å². The fraction of sp³-hybridized carbons (Fsp3) is 0.263. The number of amides is 1. The van der Waals surface area contributed by atoms with Crippen LogP contribution in [0.3, 0.4) is 0 Å². The first-order chi connectivity index (χ1) is 12.2. The molecule has 0 fully saturated rings. The van der Waals surface area contributed by atoms with E-state index in [4.69, 9.17) is 0 Å². The van der Waals surface area contributed by atoms with Gasteiger partial charge >= 0.3 is 0 Å². The van der Waals surface area contributed by atoms with Crippen molar-refractivity contribution in [3.8, 4) is 0 Å². The summed E-state index contributed by atoms with van der Waals surface area (Å²) in [5.41, 5.74) is 2.10. The maximum Gasteiger partial charge on any atom is 0.271 e. The van der Waals surface area contributed by atoms with E-state index in [1.165, 1.54) is 16.8 Å². The first-order valence-corrected chi connectivity index (χ1v) is 8.38. The highest BCUT2D eigenvalue weighted by Gasteiger charge is 2.09. The minimum atomic E-state index is -0.280. The molecule has 0 atom stereocenters. The molecule has 0 bridgehead atoms. The Kier molecular flexibility index (Phi) is 5.18. The standard InChI is InChI=1S/C19H20N4O2/c1-2-13-23-17(24)9-8-16(22-23)19(25)21-12-10-15-6-3-5-14-7-4-11-20-18(14)15/h3-9,11H,2,10,12-13H2,1H3,(H,21,25). The van der Waals surface area contributed by atoms with Gasteiger partial charge in [-0.05, 0) is 30.5 Å². The van der Waals surface area contributed by atoms with Gasteiger partial charge in [0.1, 0.15) is 5.69 Å². The monoisotopic (exact) mass is 336 g/mol. The Morgan fingerprint density at radius 3 is 2.84 bits per heavy atom. The van der Waals surface area contributed by atoms with E-state index in [0.717, 1.165) is 22.9 Å². The first-order valence-electron chi connectivity index (χ1n) is 8.38. The molecule has 0 aliphatic heterocycles. The van der Waals surface area contributed by atoms with Crippen LogP contribution < -0.4 is 10.9 Å². The Morgan fingerprint density at radius 2 is 2.00 bits per heavy atom. The normalized spacial score (nSPS) is 10.8. The van der Waals surface area contributed by atoms with Crippen LogP contribution in [0.2, 0.25) is 0 Å². The Balaban J connectivity index is 1.66. The van der Waals surface area contributed by atoms with Crippen LogP contribution in [0.4, 0.5) is 0 Å². The van der Waals surface area contributed by atoms with Gasteiger partial charge in [0.05, 0.1) is 5.52 Å². The van der Waals surface area contributed by atoms with Gasteiger partial charge in [-0.15, -0.1) is 0 Å². The van der Waals surface area contributed by atoms with Crippen molar-refractivity contribution in [2.75, 3.05) is 6.54 Å². The van der Waals surface area contributed by atoms with Crippen LogP contribution >= 0.6 is 0 Å². The quantitative estimate of drug-likeness (QED) is 0.748. The third-order valence-corrected chi connectivity index (χ3v) is 3.93. The van der Waals surface area contributed by atoms with Crippen molar-refractivity contribution >= 4 is 16.8 Å². The Morgan fingerprint density at radius 1 is 1.16 bits per heavy atom. The number of pyridine rings is 1. The number of hydrogen-bond acceptors (Lipinski definition) is 4. The van der Waals surface area contributed by atoms with E-state index < -0.39 is 0 Å². The molecule has 0 unspecified atom stereocenters. The number of benzene rings is 1. The molecule has 0 aliphatic rings. The molecule has 3 rings (SSSR count). The highest BCUT2D eigenvalue weighted by molar-refractivity contribution is 5.92. The Hall–Kier alpha value is -3.02. The van der Waals surface area contributed by atoms with Crippen LogP contribution in [0, 0.1) is 0 Å². The number of hydrogen-bond donors (Lipinski definition) is 1. The molecule has 0 saturated carbocycles. The fourth-order valence-electron chi connectivity index (χ4n) is 2.71. The summed E-state index contributed by atoms with van der Waals surface area (Å²) in [7, 11) is 0. The van der Waals surface area contributed by atoms with Gasteiger partial charge in [0.2, 0.25) is 0 Å². The molecule has 25 heavy (non-hydrogen) atoms. The number of rotatable bonds is 6. The van der Waals surface area contributed by atoms with Crippen molar-refractivity contribution in [2.45, 2.75) is 26.3 Å². The second-order valence-electron chi connectivity index (χ2n) is 5.78. The summed E-state index contributed by atoms with van der Waals surface area (Å²) in [6.45, 7) is 2.93. The third-order valence-electron chi connectivity index (χ3n) is 3.93. The predicted molar refractivity (Wildman–Crippen MR) is 96.6 cm³/mol. The Bertz CT molecular complexity index is 944. The maximum absolute atomic E-state index is 12.3. The molecule has 6 heteroatoms. The van der Waals surface area contributed by atoms with E-state index in [2.05, 4.69) is 15.4 Å². The fourth-order valence-corrected chi connectivity index (χ4v) is 2.71. The molecule has 2 aromatic heterocycles. The molecule has 0 spiro atoms. The molecule has 128 valence electrons. The van der Waals surface area contributed by atoms with Crippen molar-refractivity contribution in [2.24, 2.45) is 0 Å². The number of nitrogens with zero attached hydrogens (tertiary/aromatic N) is 3. The van der Waals surface area contributed by atoms with Gasteiger partial charge in [0.15, 0.2) is 0 Å². The van der Waals surface area contributed by atoms with E-state index in [9.17, 15) is 9.59 Å². The number of nitrogens with one attached hydrogen (secondary N) is 1. The number of carbonyl (C=O) groups excluding carboxylic acids is 1. The summed E-state index contributed by atoms with van der Waals surface area (Å²) < 4.78 is 1.32. The number of fused-ring (bicyclic) bond motifs is 1. The van der Waals surface area contributed by atoms with Crippen LogP contribution in [0.5, 0.6) is 0 Å². The summed E-state index contributed by atoms with van der Waals surface area (Å²) >= 11 is 0. The predicted octanol–water partition coefficient (Wildman–Crippen LogP) is 2.17. The summed E-state index contributed by atoms with van der Waals surface area (Å²) in [6.07, 6.45) is 3.23.